The van der Waals surface area contributed by atoms with E-state index in [0.29, 0.717) is 23.3 Å². The van der Waals surface area contributed by atoms with Gasteiger partial charge in [-0.05, 0) is 56.7 Å². The molecular weight excluding hydrogens is 320 g/mol. The van der Waals surface area contributed by atoms with Gasteiger partial charge in [0.15, 0.2) is 0 Å². The maximum Gasteiger partial charge on any atom is 0.339 e. The zero-order chi connectivity index (χ0) is 17.8. The second-order valence-electron chi connectivity index (χ2n) is 6.61. The number of esters is 1. The molecule has 0 bridgehead atoms. The first kappa shape index (κ1) is 17.5. The number of aryl methyl sites for hydroxylation is 1. The van der Waals surface area contributed by atoms with Crippen LogP contribution in [-0.4, -0.2) is 19.2 Å². The number of hydrogen-bond donors (Lipinski definition) is 0. The Morgan fingerprint density at radius 3 is 2.72 bits per heavy atom. The van der Waals surface area contributed by atoms with Gasteiger partial charge in [-0.3, -0.25) is 4.79 Å². The average Bonchev–Trinajstić information content (AvgIpc) is 2.61. The quantitative estimate of drug-likeness (QED) is 0.607. The number of benzene rings is 1. The third-order valence-electron chi connectivity index (χ3n) is 4.92. The molecule has 0 amide bonds. The molecule has 1 saturated carbocycles. The number of carbonyl (C=O) groups excluding carboxylic acids is 1. The van der Waals surface area contributed by atoms with Gasteiger partial charge in [0.25, 0.3) is 0 Å². The highest BCUT2D eigenvalue weighted by Gasteiger charge is 2.19. The monoisotopic (exact) mass is 344 g/mol. The molecule has 0 atom stereocenters. The molecule has 0 saturated heterocycles. The van der Waals surface area contributed by atoms with Gasteiger partial charge in [0.1, 0.15) is 17.4 Å². The van der Waals surface area contributed by atoms with Gasteiger partial charge >= 0.3 is 11.6 Å². The molecule has 1 aliphatic rings. The van der Waals surface area contributed by atoms with E-state index in [-0.39, 0.29) is 18.5 Å². The molecule has 1 aromatic heterocycles. The fourth-order valence-corrected chi connectivity index (χ4v) is 3.45. The smallest absolute Gasteiger partial charge is 0.339 e. The molecule has 0 N–H and O–H groups in total. The summed E-state index contributed by atoms with van der Waals surface area (Å²) in [5.41, 5.74) is 1.48. The molecule has 1 heterocycles. The predicted octanol–water partition coefficient (Wildman–Crippen LogP) is 3.92. The van der Waals surface area contributed by atoms with Crippen molar-refractivity contribution in [2.75, 3.05) is 7.11 Å². The minimum Gasteiger partial charge on any atom is -0.497 e. The van der Waals surface area contributed by atoms with Crippen molar-refractivity contribution in [3.8, 4) is 5.75 Å². The Hall–Kier alpha value is -2.30. The molecule has 5 heteroatoms. The van der Waals surface area contributed by atoms with Gasteiger partial charge in [0, 0.05) is 23.4 Å². The Bertz CT molecular complexity index is 815. The average molecular weight is 344 g/mol. The number of methoxy groups -OCH3 is 1. The van der Waals surface area contributed by atoms with E-state index in [2.05, 4.69) is 0 Å². The minimum absolute atomic E-state index is 0.0443. The summed E-state index contributed by atoms with van der Waals surface area (Å²) in [4.78, 5) is 24.4. The SMILES string of the molecule is COc1ccc2c(C)c(CCC(=O)OC3CCCCC3)c(=O)oc2c1. The van der Waals surface area contributed by atoms with Gasteiger partial charge < -0.3 is 13.9 Å². The number of carbonyl (C=O) groups is 1. The van der Waals surface area contributed by atoms with Crippen LogP contribution in [0.1, 0.15) is 49.7 Å². The highest BCUT2D eigenvalue weighted by molar-refractivity contribution is 5.82. The topological polar surface area (TPSA) is 65.7 Å². The molecule has 0 spiro atoms. The van der Waals surface area contributed by atoms with Gasteiger partial charge in [-0.1, -0.05) is 6.42 Å². The van der Waals surface area contributed by atoms with E-state index in [1.807, 2.05) is 19.1 Å². The van der Waals surface area contributed by atoms with Crippen LogP contribution in [0, 0.1) is 6.92 Å². The molecule has 134 valence electrons. The van der Waals surface area contributed by atoms with Crippen LogP contribution in [-0.2, 0) is 16.0 Å². The first-order valence-corrected chi connectivity index (χ1v) is 8.88. The molecule has 1 aromatic carbocycles. The summed E-state index contributed by atoms with van der Waals surface area (Å²) in [6, 6.07) is 5.40. The maximum absolute atomic E-state index is 12.3. The summed E-state index contributed by atoms with van der Waals surface area (Å²) >= 11 is 0. The van der Waals surface area contributed by atoms with Crippen molar-refractivity contribution in [1.29, 1.82) is 0 Å². The Morgan fingerprint density at radius 2 is 2.00 bits per heavy atom. The van der Waals surface area contributed by atoms with Crippen molar-refractivity contribution in [3.63, 3.8) is 0 Å². The van der Waals surface area contributed by atoms with Crippen LogP contribution < -0.4 is 10.4 Å². The van der Waals surface area contributed by atoms with E-state index in [1.54, 1.807) is 13.2 Å². The highest BCUT2D eigenvalue weighted by Crippen LogP contribution is 2.25. The van der Waals surface area contributed by atoms with E-state index in [0.717, 1.165) is 36.6 Å². The Kier molecular flexibility index (Phi) is 5.41. The third kappa shape index (κ3) is 4.03. The van der Waals surface area contributed by atoms with Gasteiger partial charge in [-0.25, -0.2) is 4.79 Å². The first-order chi connectivity index (χ1) is 12.1. The summed E-state index contributed by atoms with van der Waals surface area (Å²) in [6.45, 7) is 1.88. The summed E-state index contributed by atoms with van der Waals surface area (Å²) in [5, 5.41) is 0.857. The maximum atomic E-state index is 12.3. The number of ether oxygens (including phenoxy) is 2. The summed E-state index contributed by atoms with van der Waals surface area (Å²) in [7, 11) is 1.57. The van der Waals surface area contributed by atoms with Crippen LogP contribution in [0.5, 0.6) is 5.75 Å². The van der Waals surface area contributed by atoms with Crippen LogP contribution in [0.25, 0.3) is 11.0 Å². The predicted molar refractivity (Wildman–Crippen MR) is 95.1 cm³/mol. The molecule has 1 fully saturated rings. The number of rotatable bonds is 5. The molecule has 0 radical (unpaired) electrons. The molecule has 2 aromatic rings. The van der Waals surface area contributed by atoms with Crippen molar-refractivity contribution in [2.24, 2.45) is 0 Å². The summed E-state index contributed by atoms with van der Waals surface area (Å²) in [6.07, 6.45) is 5.93. The van der Waals surface area contributed by atoms with Crippen LogP contribution in [0.4, 0.5) is 0 Å². The van der Waals surface area contributed by atoms with Gasteiger partial charge in [0.2, 0.25) is 0 Å². The molecule has 0 unspecified atom stereocenters. The van der Waals surface area contributed by atoms with E-state index in [9.17, 15) is 9.59 Å². The van der Waals surface area contributed by atoms with Crippen molar-refractivity contribution >= 4 is 16.9 Å². The molecular formula is C20H24O5. The standard InChI is InChI=1S/C20H24O5/c1-13-16-9-8-15(23-2)12-18(16)25-20(22)17(13)10-11-19(21)24-14-6-4-3-5-7-14/h8-9,12,14H,3-7,10-11H2,1-2H3. The Balaban J connectivity index is 1.72. The van der Waals surface area contributed by atoms with E-state index < -0.39 is 5.63 Å². The highest BCUT2D eigenvalue weighted by atomic mass is 16.5. The second-order valence-corrected chi connectivity index (χ2v) is 6.61. The molecule has 0 aliphatic heterocycles. The summed E-state index contributed by atoms with van der Waals surface area (Å²) < 4.78 is 16.1. The normalized spacial score (nSPS) is 15.3. The third-order valence-corrected chi connectivity index (χ3v) is 4.92. The van der Waals surface area contributed by atoms with Crippen LogP contribution in [0.2, 0.25) is 0 Å². The Labute approximate surface area is 146 Å². The second kappa shape index (κ2) is 7.72. The van der Waals surface area contributed by atoms with E-state index in [4.69, 9.17) is 13.9 Å². The fourth-order valence-electron chi connectivity index (χ4n) is 3.45. The van der Waals surface area contributed by atoms with Crippen molar-refractivity contribution in [2.45, 2.75) is 58.0 Å². The lowest BCUT2D eigenvalue weighted by Crippen LogP contribution is -2.22. The van der Waals surface area contributed by atoms with Gasteiger partial charge in [0.05, 0.1) is 7.11 Å². The fraction of sp³-hybridized carbons (Fsp3) is 0.500. The zero-order valence-electron chi connectivity index (χ0n) is 14.8. The zero-order valence-corrected chi connectivity index (χ0v) is 14.8. The molecule has 25 heavy (non-hydrogen) atoms. The summed E-state index contributed by atoms with van der Waals surface area (Å²) in [5.74, 6) is 0.402. The lowest BCUT2D eigenvalue weighted by Gasteiger charge is -2.21. The van der Waals surface area contributed by atoms with Crippen molar-refractivity contribution in [3.05, 3.63) is 39.7 Å². The van der Waals surface area contributed by atoms with Crippen LogP contribution in [0.3, 0.4) is 0 Å². The van der Waals surface area contributed by atoms with Crippen molar-refractivity contribution < 1.29 is 18.7 Å². The van der Waals surface area contributed by atoms with E-state index >= 15 is 0 Å². The van der Waals surface area contributed by atoms with Crippen molar-refractivity contribution in [1.82, 2.24) is 0 Å². The Morgan fingerprint density at radius 1 is 1.24 bits per heavy atom. The van der Waals surface area contributed by atoms with E-state index in [1.165, 1.54) is 6.42 Å². The number of hydrogen-bond acceptors (Lipinski definition) is 5. The van der Waals surface area contributed by atoms with Crippen LogP contribution >= 0.6 is 0 Å². The largest absolute Gasteiger partial charge is 0.497 e. The molecule has 3 rings (SSSR count). The molecule has 1 aliphatic carbocycles. The lowest BCUT2D eigenvalue weighted by molar-refractivity contribution is -0.150. The van der Waals surface area contributed by atoms with Gasteiger partial charge in [-0.2, -0.15) is 0 Å². The van der Waals surface area contributed by atoms with Gasteiger partial charge in [-0.15, -0.1) is 0 Å². The van der Waals surface area contributed by atoms with Crippen LogP contribution in [0.15, 0.2) is 27.4 Å². The molecule has 5 nitrogen and oxygen atoms in total. The minimum atomic E-state index is -0.399. The first-order valence-electron chi connectivity index (χ1n) is 8.88. The number of fused-ring (bicyclic) bond motifs is 1. The lowest BCUT2D eigenvalue weighted by atomic mass is 9.98.